The van der Waals surface area contributed by atoms with Gasteiger partial charge in [-0.05, 0) is 18.6 Å². The minimum atomic E-state index is -1.07. The van der Waals surface area contributed by atoms with E-state index < -0.39 is 5.97 Å². The number of ether oxygens (including phenoxy) is 1. The summed E-state index contributed by atoms with van der Waals surface area (Å²) in [6.45, 7) is 1.96. The molecule has 20 heavy (non-hydrogen) atoms. The Morgan fingerprint density at radius 2 is 2.15 bits per heavy atom. The maximum atomic E-state index is 11.3. The standard InChI is InChI=1S/C14H15ClN2O3/c1-3-6-9-12(14(18)19)13(15)17(16-9)10-7-4-5-8-11(10)20-2/h4-5,7-8H,3,6H2,1-2H3,(H,18,19). The average molecular weight is 295 g/mol. The Bertz CT molecular complexity index is 637. The fourth-order valence-corrected chi connectivity index (χ4v) is 2.35. The van der Waals surface area contributed by atoms with Gasteiger partial charge in [0.25, 0.3) is 0 Å². The minimum absolute atomic E-state index is 0.0550. The molecular weight excluding hydrogens is 280 g/mol. The molecule has 1 aromatic carbocycles. The fourth-order valence-electron chi connectivity index (χ4n) is 2.03. The summed E-state index contributed by atoms with van der Waals surface area (Å²) in [7, 11) is 1.54. The highest BCUT2D eigenvalue weighted by molar-refractivity contribution is 6.33. The van der Waals surface area contributed by atoms with E-state index in [-0.39, 0.29) is 10.7 Å². The Morgan fingerprint density at radius 1 is 1.45 bits per heavy atom. The van der Waals surface area contributed by atoms with Crippen LogP contribution in [0.4, 0.5) is 0 Å². The summed E-state index contributed by atoms with van der Waals surface area (Å²) in [6, 6.07) is 7.19. The zero-order chi connectivity index (χ0) is 14.7. The van der Waals surface area contributed by atoms with Crippen LogP contribution < -0.4 is 4.74 Å². The van der Waals surface area contributed by atoms with Gasteiger partial charge in [0.15, 0.2) is 0 Å². The molecule has 0 bridgehead atoms. The third-order valence-corrected chi connectivity index (χ3v) is 3.26. The predicted octanol–water partition coefficient (Wildman–Crippen LogP) is 3.19. The van der Waals surface area contributed by atoms with Gasteiger partial charge in [0, 0.05) is 0 Å². The first-order valence-corrected chi connectivity index (χ1v) is 6.62. The molecule has 1 aromatic heterocycles. The lowest BCUT2D eigenvalue weighted by Crippen LogP contribution is -2.01. The summed E-state index contributed by atoms with van der Waals surface area (Å²) in [5.74, 6) is -0.489. The van der Waals surface area contributed by atoms with Crippen LogP contribution in [0.2, 0.25) is 5.15 Å². The van der Waals surface area contributed by atoms with Crippen LogP contribution in [0.25, 0.3) is 5.69 Å². The molecule has 0 aliphatic carbocycles. The number of halogens is 1. The SMILES string of the molecule is CCCc1nn(-c2ccccc2OC)c(Cl)c1C(=O)O. The van der Waals surface area contributed by atoms with Crippen LogP contribution in [-0.2, 0) is 6.42 Å². The van der Waals surface area contributed by atoms with Crippen molar-refractivity contribution in [2.45, 2.75) is 19.8 Å². The number of carbonyl (C=O) groups is 1. The third-order valence-electron chi connectivity index (χ3n) is 2.92. The number of rotatable bonds is 5. The maximum Gasteiger partial charge on any atom is 0.340 e. The second-order valence-corrected chi connectivity index (χ2v) is 4.61. The summed E-state index contributed by atoms with van der Waals surface area (Å²) in [6.07, 6.45) is 1.35. The number of hydrogen-bond acceptors (Lipinski definition) is 3. The van der Waals surface area contributed by atoms with E-state index in [1.807, 2.05) is 19.1 Å². The Hall–Kier alpha value is -2.01. The lowest BCUT2D eigenvalue weighted by molar-refractivity contribution is 0.0696. The molecule has 2 rings (SSSR count). The number of carboxylic acid groups (broad SMARTS) is 1. The first-order valence-electron chi connectivity index (χ1n) is 6.24. The molecule has 0 aliphatic heterocycles. The van der Waals surface area contributed by atoms with Crippen LogP contribution in [0.15, 0.2) is 24.3 Å². The van der Waals surface area contributed by atoms with Crippen molar-refractivity contribution in [1.82, 2.24) is 9.78 Å². The molecule has 5 nitrogen and oxygen atoms in total. The number of nitrogens with zero attached hydrogens (tertiary/aromatic N) is 2. The molecule has 6 heteroatoms. The monoisotopic (exact) mass is 294 g/mol. The number of aromatic carboxylic acids is 1. The van der Waals surface area contributed by atoms with E-state index in [0.29, 0.717) is 23.6 Å². The van der Waals surface area contributed by atoms with Gasteiger partial charge >= 0.3 is 5.97 Å². The first-order chi connectivity index (χ1) is 9.60. The van der Waals surface area contributed by atoms with Crippen molar-refractivity contribution in [2.75, 3.05) is 7.11 Å². The van der Waals surface area contributed by atoms with E-state index in [1.54, 1.807) is 19.2 Å². The van der Waals surface area contributed by atoms with Crippen LogP contribution in [0.5, 0.6) is 5.75 Å². The summed E-state index contributed by atoms with van der Waals surface area (Å²) >= 11 is 6.19. The van der Waals surface area contributed by atoms with Crippen molar-refractivity contribution >= 4 is 17.6 Å². The van der Waals surface area contributed by atoms with Gasteiger partial charge in [-0.25, -0.2) is 9.48 Å². The molecule has 106 valence electrons. The van der Waals surface area contributed by atoms with Gasteiger partial charge in [-0.1, -0.05) is 37.1 Å². The van der Waals surface area contributed by atoms with Crippen molar-refractivity contribution < 1.29 is 14.6 Å². The van der Waals surface area contributed by atoms with Gasteiger partial charge in [0.1, 0.15) is 22.2 Å². The van der Waals surface area contributed by atoms with Crippen LogP contribution in [0.3, 0.4) is 0 Å². The highest BCUT2D eigenvalue weighted by Crippen LogP contribution is 2.29. The van der Waals surface area contributed by atoms with Crippen molar-refractivity contribution in [3.05, 3.63) is 40.7 Å². The van der Waals surface area contributed by atoms with E-state index in [1.165, 1.54) is 4.68 Å². The van der Waals surface area contributed by atoms with Crippen molar-refractivity contribution in [2.24, 2.45) is 0 Å². The molecule has 1 heterocycles. The van der Waals surface area contributed by atoms with Gasteiger partial charge in [0.05, 0.1) is 12.8 Å². The molecular formula is C14H15ClN2O3. The van der Waals surface area contributed by atoms with E-state index in [9.17, 15) is 9.90 Å². The normalized spacial score (nSPS) is 10.6. The Kier molecular flexibility index (Phi) is 4.29. The maximum absolute atomic E-state index is 11.3. The van der Waals surface area contributed by atoms with Crippen molar-refractivity contribution in [1.29, 1.82) is 0 Å². The third kappa shape index (κ3) is 2.49. The molecule has 0 spiro atoms. The minimum Gasteiger partial charge on any atom is -0.494 e. The summed E-state index contributed by atoms with van der Waals surface area (Å²) in [5, 5.41) is 13.7. The van der Waals surface area contributed by atoms with Crippen LogP contribution in [0, 0.1) is 0 Å². The van der Waals surface area contributed by atoms with Crippen LogP contribution >= 0.6 is 11.6 Å². The van der Waals surface area contributed by atoms with Gasteiger partial charge in [-0.15, -0.1) is 0 Å². The molecule has 0 radical (unpaired) electrons. The molecule has 1 N–H and O–H groups in total. The number of benzene rings is 1. The zero-order valence-corrected chi connectivity index (χ0v) is 12.0. The Morgan fingerprint density at radius 3 is 2.75 bits per heavy atom. The molecule has 2 aromatic rings. The summed E-state index contributed by atoms with van der Waals surface area (Å²) in [4.78, 5) is 11.3. The molecule has 0 fully saturated rings. The van der Waals surface area contributed by atoms with E-state index in [0.717, 1.165) is 6.42 Å². The van der Waals surface area contributed by atoms with Crippen LogP contribution in [-0.4, -0.2) is 28.0 Å². The molecule has 0 unspecified atom stereocenters. The topological polar surface area (TPSA) is 64.4 Å². The smallest absolute Gasteiger partial charge is 0.340 e. The number of aryl methyl sites for hydroxylation is 1. The number of hydrogen-bond donors (Lipinski definition) is 1. The number of carboxylic acids is 1. The molecule has 0 atom stereocenters. The largest absolute Gasteiger partial charge is 0.494 e. The van der Waals surface area contributed by atoms with E-state index >= 15 is 0 Å². The number of para-hydroxylation sites is 2. The van der Waals surface area contributed by atoms with Gasteiger partial charge in [-0.2, -0.15) is 5.10 Å². The first kappa shape index (κ1) is 14.4. The van der Waals surface area contributed by atoms with E-state index in [2.05, 4.69) is 5.10 Å². The second kappa shape index (κ2) is 5.96. The van der Waals surface area contributed by atoms with Gasteiger partial charge in [0.2, 0.25) is 0 Å². The van der Waals surface area contributed by atoms with E-state index in [4.69, 9.17) is 16.3 Å². The van der Waals surface area contributed by atoms with Gasteiger partial charge < -0.3 is 9.84 Å². The lowest BCUT2D eigenvalue weighted by atomic mass is 10.2. The molecule has 0 saturated carbocycles. The number of methoxy groups -OCH3 is 1. The Balaban J connectivity index is 2.63. The quantitative estimate of drug-likeness (QED) is 0.920. The second-order valence-electron chi connectivity index (χ2n) is 4.25. The Labute approximate surface area is 121 Å². The average Bonchev–Trinajstić information content (AvgIpc) is 2.76. The summed E-state index contributed by atoms with van der Waals surface area (Å²) in [5.41, 5.74) is 1.15. The fraction of sp³-hybridized carbons (Fsp3) is 0.286. The molecule has 0 amide bonds. The lowest BCUT2D eigenvalue weighted by Gasteiger charge is -2.08. The highest BCUT2D eigenvalue weighted by Gasteiger charge is 2.23. The molecule has 0 saturated heterocycles. The highest BCUT2D eigenvalue weighted by atomic mass is 35.5. The zero-order valence-electron chi connectivity index (χ0n) is 11.3. The van der Waals surface area contributed by atoms with Crippen molar-refractivity contribution in [3.63, 3.8) is 0 Å². The predicted molar refractivity (Wildman–Crippen MR) is 76.1 cm³/mol. The van der Waals surface area contributed by atoms with Gasteiger partial charge in [-0.3, -0.25) is 0 Å². The summed E-state index contributed by atoms with van der Waals surface area (Å²) < 4.78 is 6.67. The van der Waals surface area contributed by atoms with Crippen molar-refractivity contribution in [3.8, 4) is 11.4 Å². The number of aromatic nitrogens is 2. The molecule has 0 aliphatic rings. The van der Waals surface area contributed by atoms with Crippen LogP contribution in [0.1, 0.15) is 29.4 Å².